The van der Waals surface area contributed by atoms with Crippen molar-refractivity contribution in [2.75, 3.05) is 26.2 Å². The zero-order valence-electron chi connectivity index (χ0n) is 11.8. The fraction of sp³-hybridized carbons (Fsp3) is 0.467. The summed E-state index contributed by atoms with van der Waals surface area (Å²) in [5, 5.41) is 32.9. The van der Waals surface area contributed by atoms with Gasteiger partial charge in [0.1, 0.15) is 17.2 Å². The molecular formula is C15H22N2O3. The summed E-state index contributed by atoms with van der Waals surface area (Å²) in [6.45, 7) is 9.32. The molecule has 0 amide bonds. The topological polar surface area (TPSA) is 76.0 Å². The number of nitrogens with one attached hydrogen (secondary N) is 1. The number of rotatable bonds is 4. The van der Waals surface area contributed by atoms with Crippen LogP contribution in [0.1, 0.15) is 24.9 Å². The van der Waals surface area contributed by atoms with Crippen LogP contribution >= 0.6 is 0 Å². The zero-order valence-corrected chi connectivity index (χ0v) is 11.8. The van der Waals surface area contributed by atoms with Crippen molar-refractivity contribution in [2.24, 2.45) is 0 Å². The van der Waals surface area contributed by atoms with Gasteiger partial charge < -0.3 is 20.6 Å². The summed E-state index contributed by atoms with van der Waals surface area (Å²) in [5.74, 6) is -0.294. The molecule has 5 heteroatoms. The summed E-state index contributed by atoms with van der Waals surface area (Å²) >= 11 is 0. The number of phenols is 3. The number of phenolic OH excluding ortho intramolecular Hbond substituents is 3. The monoisotopic (exact) mass is 278 g/mol. The molecule has 1 fully saturated rings. The highest BCUT2D eigenvalue weighted by molar-refractivity contribution is 5.50. The molecule has 0 aliphatic carbocycles. The van der Waals surface area contributed by atoms with Gasteiger partial charge in [-0.3, -0.25) is 4.90 Å². The first-order valence-electron chi connectivity index (χ1n) is 6.83. The van der Waals surface area contributed by atoms with Crippen molar-refractivity contribution in [3.63, 3.8) is 0 Å². The Balaban J connectivity index is 2.37. The Morgan fingerprint density at radius 2 is 1.80 bits per heavy atom. The smallest absolute Gasteiger partial charge is 0.127 e. The summed E-state index contributed by atoms with van der Waals surface area (Å²) in [6.07, 6.45) is 0.659. The molecule has 1 aromatic rings. The van der Waals surface area contributed by atoms with E-state index in [1.807, 2.05) is 6.92 Å². The molecule has 0 spiro atoms. The average Bonchev–Trinajstić information content (AvgIpc) is 2.37. The quantitative estimate of drug-likeness (QED) is 0.631. The Labute approximate surface area is 119 Å². The largest absolute Gasteiger partial charge is 0.508 e. The molecule has 1 aromatic carbocycles. The van der Waals surface area contributed by atoms with Gasteiger partial charge in [-0.15, -0.1) is 6.58 Å². The van der Waals surface area contributed by atoms with Crippen LogP contribution in [0.5, 0.6) is 17.2 Å². The maximum atomic E-state index is 10.1. The molecule has 0 saturated carbocycles. The number of piperazine rings is 1. The van der Waals surface area contributed by atoms with Crippen LogP contribution in [0.3, 0.4) is 0 Å². The summed E-state index contributed by atoms with van der Waals surface area (Å²) in [4.78, 5) is 2.22. The van der Waals surface area contributed by atoms with Gasteiger partial charge in [-0.05, 0) is 13.3 Å². The van der Waals surface area contributed by atoms with Crippen molar-refractivity contribution in [1.82, 2.24) is 10.2 Å². The lowest BCUT2D eigenvalue weighted by Gasteiger charge is -2.36. The van der Waals surface area contributed by atoms with Crippen molar-refractivity contribution in [3.05, 3.63) is 29.8 Å². The third kappa shape index (κ3) is 3.23. The van der Waals surface area contributed by atoms with E-state index in [-0.39, 0.29) is 23.3 Å². The summed E-state index contributed by atoms with van der Waals surface area (Å²) in [7, 11) is 0. The van der Waals surface area contributed by atoms with Gasteiger partial charge >= 0.3 is 0 Å². The SMILES string of the molecule is C=C(C)C[C@@H](c1c(O)cc(O)cc1O)N1CCNCC1. The highest BCUT2D eigenvalue weighted by atomic mass is 16.3. The summed E-state index contributed by atoms with van der Waals surface area (Å²) in [5.41, 5.74) is 1.45. The third-order valence-corrected chi connectivity index (χ3v) is 3.59. The minimum Gasteiger partial charge on any atom is -0.508 e. The Bertz CT molecular complexity index is 473. The maximum Gasteiger partial charge on any atom is 0.127 e. The Kier molecular flexibility index (Phi) is 4.52. The molecule has 5 nitrogen and oxygen atoms in total. The zero-order chi connectivity index (χ0) is 14.7. The van der Waals surface area contributed by atoms with Gasteiger partial charge in [-0.1, -0.05) is 5.57 Å². The number of nitrogens with zero attached hydrogens (tertiary/aromatic N) is 1. The second-order valence-electron chi connectivity index (χ2n) is 5.36. The van der Waals surface area contributed by atoms with E-state index in [0.717, 1.165) is 31.8 Å². The highest BCUT2D eigenvalue weighted by Gasteiger charge is 2.27. The molecule has 1 atom stereocenters. The van der Waals surface area contributed by atoms with Crippen LogP contribution in [0, 0.1) is 0 Å². The van der Waals surface area contributed by atoms with Crippen molar-refractivity contribution < 1.29 is 15.3 Å². The van der Waals surface area contributed by atoms with E-state index in [2.05, 4.69) is 16.8 Å². The lowest BCUT2D eigenvalue weighted by Crippen LogP contribution is -2.45. The number of hydrogen-bond donors (Lipinski definition) is 4. The van der Waals surface area contributed by atoms with Crippen molar-refractivity contribution in [3.8, 4) is 17.2 Å². The van der Waals surface area contributed by atoms with E-state index < -0.39 is 0 Å². The lowest BCUT2D eigenvalue weighted by molar-refractivity contribution is 0.167. The van der Waals surface area contributed by atoms with Gasteiger partial charge in [-0.25, -0.2) is 0 Å². The van der Waals surface area contributed by atoms with Crippen LogP contribution in [-0.4, -0.2) is 46.4 Å². The van der Waals surface area contributed by atoms with Crippen molar-refractivity contribution in [1.29, 1.82) is 0 Å². The minimum absolute atomic E-state index is 0.0766. The summed E-state index contributed by atoms with van der Waals surface area (Å²) < 4.78 is 0. The standard InChI is InChI=1S/C15H22N2O3/c1-10(2)7-12(17-5-3-16-4-6-17)15-13(19)8-11(18)9-14(15)20/h8-9,12,16,18-20H,1,3-7H2,2H3/t12-/m0/s1. The van der Waals surface area contributed by atoms with Crippen LogP contribution < -0.4 is 5.32 Å². The third-order valence-electron chi connectivity index (χ3n) is 3.59. The van der Waals surface area contributed by atoms with E-state index in [4.69, 9.17) is 0 Å². The van der Waals surface area contributed by atoms with Gasteiger partial charge in [0, 0.05) is 44.4 Å². The van der Waals surface area contributed by atoms with E-state index in [9.17, 15) is 15.3 Å². The highest BCUT2D eigenvalue weighted by Crippen LogP contribution is 2.41. The minimum atomic E-state index is -0.141. The van der Waals surface area contributed by atoms with E-state index in [1.54, 1.807) is 0 Å². The maximum absolute atomic E-state index is 10.1. The van der Waals surface area contributed by atoms with Crippen LogP contribution in [0.4, 0.5) is 0 Å². The van der Waals surface area contributed by atoms with Gasteiger partial charge in [0.05, 0.1) is 5.56 Å². The number of hydrogen-bond acceptors (Lipinski definition) is 5. The second kappa shape index (κ2) is 6.15. The van der Waals surface area contributed by atoms with E-state index in [1.165, 1.54) is 12.1 Å². The molecule has 4 N–H and O–H groups in total. The van der Waals surface area contributed by atoms with Crippen LogP contribution in [0.15, 0.2) is 24.3 Å². The Morgan fingerprint density at radius 3 is 2.30 bits per heavy atom. The second-order valence-corrected chi connectivity index (χ2v) is 5.36. The van der Waals surface area contributed by atoms with E-state index in [0.29, 0.717) is 12.0 Å². The Hall–Kier alpha value is -1.72. The predicted molar refractivity (Wildman–Crippen MR) is 78.1 cm³/mol. The van der Waals surface area contributed by atoms with Crippen molar-refractivity contribution in [2.45, 2.75) is 19.4 Å². The fourth-order valence-electron chi connectivity index (χ4n) is 2.69. The first-order valence-corrected chi connectivity index (χ1v) is 6.83. The fourth-order valence-corrected chi connectivity index (χ4v) is 2.69. The molecule has 1 aliphatic heterocycles. The predicted octanol–water partition coefficient (Wildman–Crippen LogP) is 1.72. The van der Waals surface area contributed by atoms with Gasteiger partial charge in [-0.2, -0.15) is 0 Å². The molecule has 2 rings (SSSR count). The molecule has 0 unspecified atom stereocenters. The van der Waals surface area contributed by atoms with Gasteiger partial charge in [0.15, 0.2) is 0 Å². The van der Waals surface area contributed by atoms with Gasteiger partial charge in [0.25, 0.3) is 0 Å². The Morgan fingerprint density at radius 1 is 1.25 bits per heavy atom. The van der Waals surface area contributed by atoms with Gasteiger partial charge in [0.2, 0.25) is 0 Å². The molecule has 0 bridgehead atoms. The first kappa shape index (κ1) is 14.7. The number of benzene rings is 1. The van der Waals surface area contributed by atoms with Crippen LogP contribution in [0.2, 0.25) is 0 Å². The first-order chi connectivity index (χ1) is 9.49. The molecule has 0 aromatic heterocycles. The molecule has 1 aliphatic rings. The van der Waals surface area contributed by atoms with Crippen LogP contribution in [0.25, 0.3) is 0 Å². The normalized spacial score (nSPS) is 17.9. The molecule has 0 radical (unpaired) electrons. The molecule has 1 saturated heterocycles. The lowest BCUT2D eigenvalue weighted by atomic mass is 9.96. The van der Waals surface area contributed by atoms with Crippen LogP contribution in [-0.2, 0) is 0 Å². The molecule has 20 heavy (non-hydrogen) atoms. The summed E-state index contributed by atoms with van der Waals surface area (Å²) in [6, 6.07) is 2.40. The molecular weight excluding hydrogens is 256 g/mol. The average molecular weight is 278 g/mol. The molecule has 1 heterocycles. The van der Waals surface area contributed by atoms with E-state index >= 15 is 0 Å². The number of aromatic hydroxyl groups is 3. The van der Waals surface area contributed by atoms with Crippen molar-refractivity contribution >= 4 is 0 Å². The molecule has 110 valence electrons.